The van der Waals surface area contributed by atoms with E-state index in [4.69, 9.17) is 0 Å². The third-order valence-electron chi connectivity index (χ3n) is 3.84. The van der Waals surface area contributed by atoms with E-state index < -0.39 is 7.26 Å². The summed E-state index contributed by atoms with van der Waals surface area (Å²) in [6, 6.07) is 10.9. The smallest absolute Gasteiger partial charge is 0.112 e. The molecule has 0 aliphatic carbocycles. The zero-order valence-corrected chi connectivity index (χ0v) is 13.7. The fourth-order valence-corrected chi connectivity index (χ4v) is 6.36. The first kappa shape index (κ1) is 16.9. The Bertz CT molecular complexity index is 309. The summed E-state index contributed by atoms with van der Waals surface area (Å²) in [6.07, 6.45) is 6.16. The Morgan fingerprint density at radius 3 is 1.88 bits per heavy atom. The van der Waals surface area contributed by atoms with Crippen LogP contribution in [0.4, 0.5) is 0 Å². The predicted octanol–water partition coefficient (Wildman–Crippen LogP) is 1.99. The van der Waals surface area contributed by atoms with Crippen LogP contribution < -0.4 is 17.0 Å². The lowest BCUT2D eigenvalue weighted by atomic mass is 10.1. The molecule has 17 heavy (non-hydrogen) atoms. The van der Waals surface area contributed by atoms with Crippen molar-refractivity contribution in [2.45, 2.75) is 26.4 Å². The summed E-state index contributed by atoms with van der Waals surface area (Å²) in [6.45, 7) is 11.1. The van der Waals surface area contributed by atoms with Gasteiger partial charge in [-0.2, -0.15) is 0 Å². The van der Waals surface area contributed by atoms with E-state index in [0.717, 1.165) is 0 Å². The van der Waals surface area contributed by atoms with Crippen molar-refractivity contribution < 1.29 is 17.0 Å². The van der Waals surface area contributed by atoms with Crippen molar-refractivity contribution >= 4 is 7.26 Å². The Labute approximate surface area is 118 Å². The molecule has 1 aromatic carbocycles. The molecule has 0 aliphatic heterocycles. The maximum absolute atomic E-state index is 4.07. The molecule has 0 nitrogen and oxygen atoms in total. The Hall–Kier alpha value is -0.130. The summed E-state index contributed by atoms with van der Waals surface area (Å²) in [5, 5.41) is 0. The lowest BCUT2D eigenvalue weighted by Crippen LogP contribution is -3.00. The molecule has 0 amide bonds. The lowest BCUT2D eigenvalue weighted by molar-refractivity contribution is -0.00000349. The highest BCUT2D eigenvalue weighted by atomic mass is 79.9. The molecule has 0 spiro atoms. The second kappa shape index (κ2) is 8.06. The number of rotatable bonds is 6. The monoisotopic (exact) mass is 314 g/mol. The predicted molar refractivity (Wildman–Crippen MR) is 77.9 cm³/mol. The number of benzene rings is 1. The van der Waals surface area contributed by atoms with Gasteiger partial charge in [0.05, 0.1) is 18.5 Å². The number of halogens is 1. The van der Waals surface area contributed by atoms with Crippen LogP contribution in [0.5, 0.6) is 0 Å². The van der Waals surface area contributed by atoms with Gasteiger partial charge in [0.2, 0.25) is 0 Å². The third-order valence-corrected chi connectivity index (χ3v) is 9.31. The van der Waals surface area contributed by atoms with Gasteiger partial charge >= 0.3 is 0 Å². The van der Waals surface area contributed by atoms with Crippen LogP contribution >= 0.6 is 7.26 Å². The van der Waals surface area contributed by atoms with E-state index in [9.17, 15) is 0 Å². The molecule has 0 fully saturated rings. The SMILES string of the molecule is C=CC(c1ccccc1)[P+](CC)(CC)CC.[Br-]. The topological polar surface area (TPSA) is 0 Å². The third kappa shape index (κ3) is 3.66. The highest BCUT2D eigenvalue weighted by Gasteiger charge is 2.39. The molecular weight excluding hydrogens is 291 g/mol. The minimum absolute atomic E-state index is 0. The van der Waals surface area contributed by atoms with Gasteiger partial charge in [0.1, 0.15) is 5.66 Å². The van der Waals surface area contributed by atoms with Crippen molar-refractivity contribution in [2.24, 2.45) is 0 Å². The Morgan fingerprint density at radius 1 is 1.06 bits per heavy atom. The van der Waals surface area contributed by atoms with Crippen molar-refractivity contribution in [1.82, 2.24) is 0 Å². The van der Waals surface area contributed by atoms with E-state index in [1.165, 1.54) is 24.0 Å². The lowest BCUT2D eigenvalue weighted by Gasteiger charge is -2.31. The van der Waals surface area contributed by atoms with Crippen LogP contribution in [0.3, 0.4) is 0 Å². The van der Waals surface area contributed by atoms with Gasteiger partial charge in [0.25, 0.3) is 0 Å². The van der Waals surface area contributed by atoms with E-state index in [-0.39, 0.29) is 17.0 Å². The van der Waals surface area contributed by atoms with E-state index >= 15 is 0 Å². The maximum atomic E-state index is 4.07. The van der Waals surface area contributed by atoms with Gasteiger partial charge < -0.3 is 17.0 Å². The van der Waals surface area contributed by atoms with Gasteiger partial charge in [-0.1, -0.05) is 36.9 Å². The zero-order valence-electron chi connectivity index (χ0n) is 11.2. The summed E-state index contributed by atoms with van der Waals surface area (Å²) in [5.74, 6) is 0. The van der Waals surface area contributed by atoms with Gasteiger partial charge in [-0.3, -0.25) is 0 Å². The van der Waals surface area contributed by atoms with E-state index in [1.54, 1.807) is 0 Å². The van der Waals surface area contributed by atoms with Crippen LogP contribution in [-0.4, -0.2) is 18.5 Å². The van der Waals surface area contributed by atoms with Crippen LogP contribution in [0.1, 0.15) is 32.0 Å². The zero-order chi connectivity index (χ0) is 12.0. The molecule has 0 N–H and O–H groups in total. The molecule has 0 radical (unpaired) electrons. The molecule has 0 aromatic heterocycles. The molecule has 0 heterocycles. The second-order valence-corrected chi connectivity index (χ2v) is 9.15. The standard InChI is InChI=1S/C15H24P.BrH/c1-5-15(14-12-10-9-11-13-14)16(6-2,7-3)8-4;/h5,9-13,15H,1,6-8H2,2-4H3;1H/q+1;/p-1. The average molecular weight is 315 g/mol. The van der Waals surface area contributed by atoms with Crippen molar-refractivity contribution in [3.63, 3.8) is 0 Å². The summed E-state index contributed by atoms with van der Waals surface area (Å²) in [7, 11) is -0.889. The molecule has 96 valence electrons. The fraction of sp³-hybridized carbons (Fsp3) is 0.467. The van der Waals surface area contributed by atoms with Crippen LogP contribution in [0, 0.1) is 0 Å². The molecule has 2 heteroatoms. The minimum atomic E-state index is -0.889. The van der Waals surface area contributed by atoms with E-state index in [1.807, 2.05) is 0 Å². The summed E-state index contributed by atoms with van der Waals surface area (Å²) < 4.78 is 0. The largest absolute Gasteiger partial charge is 1.00 e. The van der Waals surface area contributed by atoms with Crippen molar-refractivity contribution in [1.29, 1.82) is 0 Å². The van der Waals surface area contributed by atoms with Gasteiger partial charge in [0, 0.05) is 7.26 Å². The number of hydrogen-bond acceptors (Lipinski definition) is 0. The summed E-state index contributed by atoms with van der Waals surface area (Å²) in [5.41, 5.74) is 2.05. The highest BCUT2D eigenvalue weighted by Crippen LogP contribution is 2.69. The number of hydrogen-bond donors (Lipinski definition) is 0. The normalized spacial score (nSPS) is 12.6. The van der Waals surface area contributed by atoms with Gasteiger partial charge in [-0.15, -0.1) is 0 Å². The van der Waals surface area contributed by atoms with Crippen LogP contribution in [0.2, 0.25) is 0 Å². The molecule has 0 saturated carbocycles. The van der Waals surface area contributed by atoms with Crippen molar-refractivity contribution in [2.75, 3.05) is 18.5 Å². The number of allylic oxidation sites excluding steroid dienone is 1. The quantitative estimate of drug-likeness (QED) is 0.556. The first-order valence-electron chi connectivity index (χ1n) is 6.27. The molecule has 1 unspecified atom stereocenters. The first-order chi connectivity index (χ1) is 7.74. The van der Waals surface area contributed by atoms with Crippen molar-refractivity contribution in [3.05, 3.63) is 48.6 Å². The van der Waals surface area contributed by atoms with Crippen LogP contribution in [0.15, 0.2) is 43.0 Å². The molecule has 1 rings (SSSR count). The van der Waals surface area contributed by atoms with Crippen LogP contribution in [-0.2, 0) is 0 Å². The van der Waals surface area contributed by atoms with Gasteiger partial charge in [-0.05, 0) is 32.4 Å². The first-order valence-corrected chi connectivity index (χ1v) is 8.68. The van der Waals surface area contributed by atoms with Crippen LogP contribution in [0.25, 0.3) is 0 Å². The summed E-state index contributed by atoms with van der Waals surface area (Å²) in [4.78, 5) is 0. The highest BCUT2D eigenvalue weighted by molar-refractivity contribution is 7.76. The second-order valence-electron chi connectivity index (χ2n) is 4.26. The minimum Gasteiger partial charge on any atom is -1.00 e. The molecule has 0 aliphatic rings. The Morgan fingerprint density at radius 2 is 1.53 bits per heavy atom. The maximum Gasteiger partial charge on any atom is 0.112 e. The molecule has 1 aromatic rings. The van der Waals surface area contributed by atoms with E-state index in [2.05, 4.69) is 63.8 Å². The van der Waals surface area contributed by atoms with E-state index in [0.29, 0.717) is 5.66 Å². The Balaban J connectivity index is 0.00000256. The molecule has 1 atom stereocenters. The van der Waals surface area contributed by atoms with Gasteiger partial charge in [-0.25, -0.2) is 0 Å². The Kier molecular flexibility index (Phi) is 8.00. The average Bonchev–Trinajstić information content (AvgIpc) is 2.37. The molecule has 0 bridgehead atoms. The fourth-order valence-electron chi connectivity index (χ4n) is 2.59. The molecular formula is C15H24BrP. The van der Waals surface area contributed by atoms with Crippen molar-refractivity contribution in [3.8, 4) is 0 Å². The summed E-state index contributed by atoms with van der Waals surface area (Å²) >= 11 is 0. The molecule has 0 saturated heterocycles. The van der Waals surface area contributed by atoms with Gasteiger partial charge in [0.15, 0.2) is 0 Å².